The van der Waals surface area contributed by atoms with Gasteiger partial charge in [-0.2, -0.15) is 5.10 Å². The molecule has 21 heavy (non-hydrogen) atoms. The maximum atomic E-state index is 4.35. The summed E-state index contributed by atoms with van der Waals surface area (Å²) < 4.78 is 1.99. The first-order valence-electron chi connectivity index (χ1n) is 7.79. The molecule has 1 aromatic heterocycles. The Kier molecular flexibility index (Phi) is 5.51. The number of rotatable bonds is 7. The van der Waals surface area contributed by atoms with Crippen LogP contribution < -0.4 is 5.32 Å². The largest absolute Gasteiger partial charge is 0.303 e. The third-order valence-corrected chi connectivity index (χ3v) is 3.69. The SMILES string of the molecule is CCc1ccc(C(C)NCc2ncnn2CC(C)C)cc1. The van der Waals surface area contributed by atoms with E-state index in [1.165, 1.54) is 11.1 Å². The molecule has 0 saturated carbocycles. The van der Waals surface area contributed by atoms with Gasteiger partial charge in [0.15, 0.2) is 0 Å². The lowest BCUT2D eigenvalue weighted by Crippen LogP contribution is -2.22. The number of nitrogens with zero attached hydrogens (tertiary/aromatic N) is 3. The summed E-state index contributed by atoms with van der Waals surface area (Å²) in [5.74, 6) is 1.57. The predicted molar refractivity (Wildman–Crippen MR) is 85.9 cm³/mol. The van der Waals surface area contributed by atoms with E-state index >= 15 is 0 Å². The average Bonchev–Trinajstić information content (AvgIpc) is 2.91. The van der Waals surface area contributed by atoms with Gasteiger partial charge in [0.1, 0.15) is 12.2 Å². The summed E-state index contributed by atoms with van der Waals surface area (Å²) in [5.41, 5.74) is 2.68. The second kappa shape index (κ2) is 7.36. The molecule has 0 aliphatic heterocycles. The minimum Gasteiger partial charge on any atom is -0.303 e. The molecule has 1 aromatic carbocycles. The number of hydrogen-bond donors (Lipinski definition) is 1. The maximum Gasteiger partial charge on any atom is 0.140 e. The van der Waals surface area contributed by atoms with Crippen molar-refractivity contribution in [2.45, 2.75) is 53.2 Å². The Labute approximate surface area is 127 Å². The van der Waals surface area contributed by atoms with E-state index in [9.17, 15) is 0 Å². The lowest BCUT2D eigenvalue weighted by molar-refractivity contribution is 0.449. The average molecular weight is 286 g/mol. The molecule has 1 N–H and O–H groups in total. The molecule has 4 nitrogen and oxygen atoms in total. The highest BCUT2D eigenvalue weighted by Crippen LogP contribution is 2.14. The van der Waals surface area contributed by atoms with E-state index in [0.717, 1.165) is 25.3 Å². The molecule has 0 saturated heterocycles. The van der Waals surface area contributed by atoms with Crippen molar-refractivity contribution in [1.29, 1.82) is 0 Å². The van der Waals surface area contributed by atoms with E-state index in [1.54, 1.807) is 6.33 Å². The molecule has 1 atom stereocenters. The van der Waals surface area contributed by atoms with Crippen molar-refractivity contribution in [1.82, 2.24) is 20.1 Å². The molecular weight excluding hydrogens is 260 g/mol. The number of nitrogens with one attached hydrogen (secondary N) is 1. The Morgan fingerprint density at radius 2 is 1.86 bits per heavy atom. The van der Waals surface area contributed by atoms with Gasteiger partial charge in [-0.1, -0.05) is 45.0 Å². The summed E-state index contributed by atoms with van der Waals surface area (Å²) >= 11 is 0. The highest BCUT2D eigenvalue weighted by molar-refractivity contribution is 5.24. The van der Waals surface area contributed by atoms with Crippen molar-refractivity contribution in [3.05, 3.63) is 47.5 Å². The Morgan fingerprint density at radius 1 is 1.14 bits per heavy atom. The molecule has 2 aromatic rings. The van der Waals surface area contributed by atoms with Gasteiger partial charge in [-0.05, 0) is 30.4 Å². The molecule has 4 heteroatoms. The van der Waals surface area contributed by atoms with Crippen LogP contribution in [0.4, 0.5) is 0 Å². The van der Waals surface area contributed by atoms with E-state index < -0.39 is 0 Å². The van der Waals surface area contributed by atoms with Crippen LogP contribution in [0.5, 0.6) is 0 Å². The van der Waals surface area contributed by atoms with Gasteiger partial charge >= 0.3 is 0 Å². The fourth-order valence-electron chi connectivity index (χ4n) is 2.33. The maximum absolute atomic E-state index is 4.35. The van der Waals surface area contributed by atoms with Crippen LogP contribution in [0.1, 0.15) is 50.7 Å². The Morgan fingerprint density at radius 3 is 2.48 bits per heavy atom. The van der Waals surface area contributed by atoms with Gasteiger partial charge in [0.25, 0.3) is 0 Å². The summed E-state index contributed by atoms with van der Waals surface area (Å²) in [7, 11) is 0. The lowest BCUT2D eigenvalue weighted by Gasteiger charge is -2.15. The molecule has 0 amide bonds. The Balaban J connectivity index is 1.94. The molecular formula is C17H26N4. The zero-order valence-electron chi connectivity index (χ0n) is 13.5. The topological polar surface area (TPSA) is 42.7 Å². The van der Waals surface area contributed by atoms with Crippen LogP contribution in [0.3, 0.4) is 0 Å². The molecule has 2 rings (SSSR count). The molecule has 114 valence electrons. The summed E-state index contributed by atoms with van der Waals surface area (Å²) in [6.07, 6.45) is 2.72. The highest BCUT2D eigenvalue weighted by Gasteiger charge is 2.09. The molecule has 1 heterocycles. The molecule has 0 radical (unpaired) electrons. The summed E-state index contributed by atoms with van der Waals surface area (Å²) in [6, 6.07) is 9.12. The smallest absolute Gasteiger partial charge is 0.140 e. The normalized spacial score (nSPS) is 12.8. The van der Waals surface area contributed by atoms with Crippen molar-refractivity contribution in [3.8, 4) is 0 Å². The van der Waals surface area contributed by atoms with Crippen LogP contribution >= 0.6 is 0 Å². The molecule has 0 spiro atoms. The monoisotopic (exact) mass is 286 g/mol. The number of benzene rings is 1. The zero-order chi connectivity index (χ0) is 15.2. The highest BCUT2D eigenvalue weighted by atomic mass is 15.3. The quantitative estimate of drug-likeness (QED) is 0.849. The van der Waals surface area contributed by atoms with Crippen LogP contribution in [-0.2, 0) is 19.5 Å². The first kappa shape index (κ1) is 15.7. The van der Waals surface area contributed by atoms with Gasteiger partial charge in [0.2, 0.25) is 0 Å². The van der Waals surface area contributed by atoms with Crippen LogP contribution in [0, 0.1) is 5.92 Å². The van der Waals surface area contributed by atoms with Crippen molar-refractivity contribution < 1.29 is 0 Å². The van der Waals surface area contributed by atoms with Crippen LogP contribution in [-0.4, -0.2) is 14.8 Å². The van der Waals surface area contributed by atoms with Crippen molar-refractivity contribution >= 4 is 0 Å². The molecule has 0 bridgehead atoms. The van der Waals surface area contributed by atoms with E-state index in [2.05, 4.69) is 67.4 Å². The Bertz CT molecular complexity index is 542. The third-order valence-electron chi connectivity index (χ3n) is 3.69. The summed E-state index contributed by atoms with van der Waals surface area (Å²) in [6.45, 7) is 10.4. The second-order valence-electron chi connectivity index (χ2n) is 5.95. The van der Waals surface area contributed by atoms with Crippen LogP contribution in [0.15, 0.2) is 30.6 Å². The molecule has 0 aliphatic rings. The fourth-order valence-corrected chi connectivity index (χ4v) is 2.33. The van der Waals surface area contributed by atoms with Crippen molar-refractivity contribution in [2.75, 3.05) is 0 Å². The second-order valence-corrected chi connectivity index (χ2v) is 5.95. The van der Waals surface area contributed by atoms with E-state index in [0.29, 0.717) is 12.0 Å². The molecule has 0 aliphatic carbocycles. The minimum absolute atomic E-state index is 0.306. The first-order valence-corrected chi connectivity index (χ1v) is 7.79. The fraction of sp³-hybridized carbons (Fsp3) is 0.529. The van der Waals surface area contributed by atoms with E-state index in [-0.39, 0.29) is 0 Å². The van der Waals surface area contributed by atoms with Crippen LogP contribution in [0.25, 0.3) is 0 Å². The predicted octanol–water partition coefficient (Wildman–Crippen LogP) is 3.35. The van der Waals surface area contributed by atoms with Crippen LogP contribution in [0.2, 0.25) is 0 Å². The standard InChI is InChI=1S/C17H26N4/c1-5-15-6-8-16(9-7-15)14(4)18-10-17-19-12-20-21(17)11-13(2)3/h6-9,12-14,18H,5,10-11H2,1-4H3. The van der Waals surface area contributed by atoms with Crippen molar-refractivity contribution in [3.63, 3.8) is 0 Å². The number of aryl methyl sites for hydroxylation is 1. The minimum atomic E-state index is 0.306. The first-order chi connectivity index (χ1) is 10.1. The van der Waals surface area contributed by atoms with Gasteiger partial charge in [0.05, 0.1) is 6.54 Å². The van der Waals surface area contributed by atoms with Gasteiger partial charge < -0.3 is 5.32 Å². The van der Waals surface area contributed by atoms with Gasteiger partial charge in [-0.3, -0.25) is 0 Å². The number of aromatic nitrogens is 3. The summed E-state index contributed by atoms with van der Waals surface area (Å²) in [5, 5.41) is 7.82. The van der Waals surface area contributed by atoms with Gasteiger partial charge in [-0.25, -0.2) is 9.67 Å². The lowest BCUT2D eigenvalue weighted by atomic mass is 10.1. The van der Waals surface area contributed by atoms with Gasteiger partial charge in [-0.15, -0.1) is 0 Å². The van der Waals surface area contributed by atoms with E-state index in [4.69, 9.17) is 0 Å². The molecule has 0 fully saturated rings. The van der Waals surface area contributed by atoms with E-state index in [1.807, 2.05) is 4.68 Å². The zero-order valence-corrected chi connectivity index (χ0v) is 13.5. The molecule has 1 unspecified atom stereocenters. The number of hydrogen-bond acceptors (Lipinski definition) is 3. The Hall–Kier alpha value is -1.68. The third kappa shape index (κ3) is 4.39. The summed E-state index contributed by atoms with van der Waals surface area (Å²) in [4.78, 5) is 4.35. The van der Waals surface area contributed by atoms with Gasteiger partial charge in [0, 0.05) is 12.6 Å². The van der Waals surface area contributed by atoms with Crippen molar-refractivity contribution in [2.24, 2.45) is 5.92 Å².